The van der Waals surface area contributed by atoms with Gasteiger partial charge in [0.25, 0.3) is 0 Å². The minimum atomic E-state index is 0.526. The highest BCUT2D eigenvalue weighted by Crippen LogP contribution is 2.18. The van der Waals surface area contributed by atoms with Crippen molar-refractivity contribution in [2.45, 2.75) is 19.9 Å². The maximum atomic E-state index is 3.10. The van der Waals surface area contributed by atoms with Crippen LogP contribution in [-0.2, 0) is 0 Å². The monoisotopic (exact) mass is 158 g/mol. The van der Waals surface area contributed by atoms with E-state index in [-0.39, 0.29) is 0 Å². The van der Waals surface area contributed by atoms with Gasteiger partial charge in [0.2, 0.25) is 0 Å². The Balaban J connectivity index is 2.70. The lowest BCUT2D eigenvalue weighted by Gasteiger charge is -2.08. The number of hydrogen-bond donors (Lipinski definition) is 0. The van der Waals surface area contributed by atoms with Gasteiger partial charge in [0, 0.05) is 17.8 Å². The molecule has 0 N–H and O–H groups in total. The molecular weight excluding hydrogens is 146 g/mol. The van der Waals surface area contributed by atoms with E-state index in [1.165, 1.54) is 10.9 Å². The summed E-state index contributed by atoms with van der Waals surface area (Å²) in [5.41, 5.74) is 1.27. The Hall–Kier alpha value is -1.24. The fraction of sp³-hybridized carbons (Fsp3) is 0.273. The molecule has 0 fully saturated rings. The van der Waals surface area contributed by atoms with E-state index in [0.29, 0.717) is 6.04 Å². The molecule has 0 saturated heterocycles. The number of rotatable bonds is 1. The molecule has 1 heterocycles. The first kappa shape index (κ1) is 7.41. The highest BCUT2D eigenvalue weighted by Gasteiger charge is 2.01. The van der Waals surface area contributed by atoms with Crippen LogP contribution in [0.15, 0.2) is 30.5 Å². The van der Waals surface area contributed by atoms with Gasteiger partial charge in [-0.1, -0.05) is 12.1 Å². The molecule has 0 aliphatic carbocycles. The fourth-order valence-corrected chi connectivity index (χ4v) is 1.49. The van der Waals surface area contributed by atoms with Crippen LogP contribution in [-0.4, -0.2) is 4.57 Å². The standard InChI is InChI=1S/C11H12N/c1-9(2)12-8-7-10-5-3-4-6-11(10)12/h3,5-9H,1-2H3. The molecule has 0 unspecified atom stereocenters. The van der Waals surface area contributed by atoms with Crippen molar-refractivity contribution in [1.82, 2.24) is 4.57 Å². The third-order valence-electron chi connectivity index (χ3n) is 2.12. The lowest BCUT2D eigenvalue weighted by molar-refractivity contribution is 0.623. The molecule has 1 aromatic carbocycles. The maximum absolute atomic E-state index is 3.10. The largest absolute Gasteiger partial charge is 0.345 e. The Morgan fingerprint density at radius 3 is 2.92 bits per heavy atom. The maximum Gasteiger partial charge on any atom is 0.0488 e. The first-order valence-corrected chi connectivity index (χ1v) is 4.25. The molecule has 12 heavy (non-hydrogen) atoms. The summed E-state index contributed by atoms with van der Waals surface area (Å²) in [6, 6.07) is 11.8. The summed E-state index contributed by atoms with van der Waals surface area (Å²) < 4.78 is 2.26. The van der Waals surface area contributed by atoms with Gasteiger partial charge in [0.05, 0.1) is 0 Å². The summed E-state index contributed by atoms with van der Waals surface area (Å²) in [7, 11) is 0. The van der Waals surface area contributed by atoms with E-state index >= 15 is 0 Å². The van der Waals surface area contributed by atoms with Gasteiger partial charge in [-0.25, -0.2) is 0 Å². The summed E-state index contributed by atoms with van der Waals surface area (Å²) in [6.07, 6.45) is 2.13. The molecule has 0 aliphatic heterocycles. The summed E-state index contributed by atoms with van der Waals surface area (Å²) in [6.45, 7) is 4.37. The molecule has 0 aliphatic rings. The van der Waals surface area contributed by atoms with E-state index in [0.717, 1.165) is 0 Å². The predicted octanol–water partition coefficient (Wildman–Crippen LogP) is 3.02. The first-order valence-electron chi connectivity index (χ1n) is 4.25. The third-order valence-corrected chi connectivity index (χ3v) is 2.12. The highest BCUT2D eigenvalue weighted by atomic mass is 15.0. The van der Waals surface area contributed by atoms with Crippen LogP contribution in [0, 0.1) is 6.07 Å². The molecule has 1 aromatic heterocycles. The highest BCUT2D eigenvalue weighted by molar-refractivity contribution is 5.79. The van der Waals surface area contributed by atoms with Gasteiger partial charge in [-0.15, -0.1) is 0 Å². The summed E-state index contributed by atoms with van der Waals surface area (Å²) in [4.78, 5) is 0. The molecule has 0 bridgehead atoms. The van der Waals surface area contributed by atoms with Crippen molar-refractivity contribution < 1.29 is 0 Å². The number of fused-ring (bicyclic) bond motifs is 1. The minimum Gasteiger partial charge on any atom is -0.345 e. The number of nitrogens with zero attached hydrogens (tertiary/aromatic N) is 1. The van der Waals surface area contributed by atoms with Crippen LogP contribution in [0.4, 0.5) is 0 Å². The van der Waals surface area contributed by atoms with Gasteiger partial charge >= 0.3 is 0 Å². The van der Waals surface area contributed by atoms with Gasteiger partial charge in [-0.05, 0) is 37.4 Å². The van der Waals surface area contributed by atoms with E-state index < -0.39 is 0 Å². The number of hydrogen-bond acceptors (Lipinski definition) is 0. The van der Waals surface area contributed by atoms with Crippen LogP contribution in [0.1, 0.15) is 19.9 Å². The van der Waals surface area contributed by atoms with Crippen LogP contribution in [0.25, 0.3) is 10.9 Å². The lowest BCUT2D eigenvalue weighted by atomic mass is 10.2. The van der Waals surface area contributed by atoms with Crippen LogP contribution >= 0.6 is 0 Å². The average Bonchev–Trinajstić information content (AvgIpc) is 2.47. The second kappa shape index (κ2) is 2.67. The Kier molecular flexibility index (Phi) is 1.65. The van der Waals surface area contributed by atoms with E-state index in [4.69, 9.17) is 0 Å². The van der Waals surface area contributed by atoms with E-state index in [9.17, 15) is 0 Å². The molecular formula is C11H12N. The summed E-state index contributed by atoms with van der Waals surface area (Å²) in [5, 5.41) is 1.29. The van der Waals surface area contributed by atoms with Crippen LogP contribution in [0.2, 0.25) is 0 Å². The molecule has 61 valence electrons. The van der Waals surface area contributed by atoms with Gasteiger partial charge < -0.3 is 4.57 Å². The van der Waals surface area contributed by atoms with Crippen molar-refractivity contribution >= 4 is 10.9 Å². The van der Waals surface area contributed by atoms with Crippen molar-refractivity contribution in [3.05, 3.63) is 36.5 Å². The van der Waals surface area contributed by atoms with Crippen molar-refractivity contribution in [3.8, 4) is 0 Å². The van der Waals surface area contributed by atoms with Gasteiger partial charge in [0.15, 0.2) is 0 Å². The first-order chi connectivity index (χ1) is 5.79. The normalized spacial score (nSPS) is 11.2. The van der Waals surface area contributed by atoms with E-state index in [1.54, 1.807) is 0 Å². The van der Waals surface area contributed by atoms with Gasteiger partial charge in [0.1, 0.15) is 0 Å². The quantitative estimate of drug-likeness (QED) is 0.601. The Bertz CT molecular complexity index is 385. The lowest BCUT2D eigenvalue weighted by Crippen LogP contribution is -1.97. The Morgan fingerprint density at radius 1 is 1.33 bits per heavy atom. The zero-order chi connectivity index (χ0) is 8.55. The minimum absolute atomic E-state index is 0.526. The van der Waals surface area contributed by atoms with Crippen LogP contribution in [0.3, 0.4) is 0 Å². The average molecular weight is 158 g/mol. The van der Waals surface area contributed by atoms with Crippen molar-refractivity contribution in [1.29, 1.82) is 0 Å². The van der Waals surface area contributed by atoms with E-state index in [2.05, 4.69) is 42.8 Å². The van der Waals surface area contributed by atoms with Crippen molar-refractivity contribution in [3.63, 3.8) is 0 Å². The SMILES string of the molecule is CC(C)n1ccc2cc[c]cc21. The molecule has 1 radical (unpaired) electrons. The van der Waals surface area contributed by atoms with Gasteiger partial charge in [-0.2, -0.15) is 0 Å². The fourth-order valence-electron chi connectivity index (χ4n) is 1.49. The molecule has 0 atom stereocenters. The Labute approximate surface area is 72.6 Å². The predicted molar refractivity (Wildman–Crippen MR) is 51.2 cm³/mol. The van der Waals surface area contributed by atoms with Crippen molar-refractivity contribution in [2.24, 2.45) is 0 Å². The molecule has 0 amide bonds. The zero-order valence-electron chi connectivity index (χ0n) is 7.41. The number of benzene rings is 1. The topological polar surface area (TPSA) is 4.93 Å². The second-order valence-electron chi connectivity index (χ2n) is 3.30. The molecule has 2 rings (SSSR count). The second-order valence-corrected chi connectivity index (χ2v) is 3.30. The molecule has 0 spiro atoms. The molecule has 1 heteroatoms. The molecule has 1 nitrogen and oxygen atoms in total. The Morgan fingerprint density at radius 2 is 2.17 bits per heavy atom. The van der Waals surface area contributed by atoms with Crippen molar-refractivity contribution in [2.75, 3.05) is 0 Å². The van der Waals surface area contributed by atoms with Gasteiger partial charge in [-0.3, -0.25) is 0 Å². The van der Waals surface area contributed by atoms with Crippen LogP contribution in [0.5, 0.6) is 0 Å². The summed E-state index contributed by atoms with van der Waals surface area (Å²) >= 11 is 0. The third kappa shape index (κ3) is 1.02. The zero-order valence-corrected chi connectivity index (χ0v) is 7.41. The smallest absolute Gasteiger partial charge is 0.0488 e. The molecule has 0 saturated carbocycles. The summed E-state index contributed by atoms with van der Waals surface area (Å²) in [5.74, 6) is 0. The van der Waals surface area contributed by atoms with E-state index in [1.807, 2.05) is 12.1 Å². The molecule has 2 aromatic rings. The van der Waals surface area contributed by atoms with Crippen LogP contribution < -0.4 is 0 Å². The number of aromatic nitrogens is 1.